The van der Waals surface area contributed by atoms with Crippen molar-refractivity contribution in [1.29, 1.82) is 0 Å². The molecule has 1 aliphatic rings. The highest BCUT2D eigenvalue weighted by atomic mass is 35.5. The number of sulfonamides is 1. The van der Waals surface area contributed by atoms with Crippen LogP contribution in [0.3, 0.4) is 0 Å². The molecule has 1 aliphatic carbocycles. The number of nitrogens with one attached hydrogen (secondary N) is 3. The Morgan fingerprint density at radius 3 is 2.27 bits per heavy atom. The van der Waals surface area contributed by atoms with E-state index in [1.165, 1.54) is 18.6 Å². The monoisotopic (exact) mass is 640 g/mol. The fourth-order valence-corrected chi connectivity index (χ4v) is 6.59. The van der Waals surface area contributed by atoms with Gasteiger partial charge >= 0.3 is 0 Å². The number of aliphatic hydroxyl groups is 1. The normalized spacial score (nSPS) is 16.0. The molecule has 0 spiro atoms. The van der Waals surface area contributed by atoms with Crippen molar-refractivity contribution in [2.75, 3.05) is 17.1 Å². The summed E-state index contributed by atoms with van der Waals surface area (Å²) < 4.78 is 26.7. The molecule has 4 rings (SSSR count). The molecule has 0 aliphatic heterocycles. The van der Waals surface area contributed by atoms with Crippen molar-refractivity contribution in [1.82, 2.24) is 16.0 Å². The third kappa shape index (κ3) is 9.53. The summed E-state index contributed by atoms with van der Waals surface area (Å²) in [6.45, 7) is 1.84. The molecule has 0 saturated heterocycles. The van der Waals surface area contributed by atoms with Crippen LogP contribution in [-0.2, 0) is 21.2 Å². The molecular formula is C33H41ClN4O5S. The zero-order valence-electron chi connectivity index (χ0n) is 25.1. The molecule has 11 heteroatoms. The van der Waals surface area contributed by atoms with Gasteiger partial charge in [-0.05, 0) is 68.1 Å². The molecule has 44 heavy (non-hydrogen) atoms. The number of anilines is 2. The SMILES string of the molecule is C[C@H](NC[C@@H](O)[C@H](Cc1ccccc1)NC(=O)c1cccc(N(c2cccc(Cl)c2)S(C)(=O)=O)c1)C(=O)NC1CCCCC1. The van der Waals surface area contributed by atoms with Crippen molar-refractivity contribution in [2.45, 2.75) is 69.7 Å². The number of carbonyl (C=O) groups excluding carboxylic acids is 2. The van der Waals surface area contributed by atoms with Gasteiger partial charge in [0, 0.05) is 23.2 Å². The van der Waals surface area contributed by atoms with Gasteiger partial charge in [-0.15, -0.1) is 0 Å². The molecule has 3 atom stereocenters. The molecule has 0 aromatic heterocycles. The molecule has 3 aromatic rings. The number of benzene rings is 3. The van der Waals surface area contributed by atoms with Gasteiger partial charge in [0.25, 0.3) is 5.91 Å². The molecule has 4 N–H and O–H groups in total. The van der Waals surface area contributed by atoms with Gasteiger partial charge in [0.15, 0.2) is 0 Å². The Morgan fingerprint density at radius 2 is 1.61 bits per heavy atom. The zero-order valence-corrected chi connectivity index (χ0v) is 26.7. The highest BCUT2D eigenvalue weighted by molar-refractivity contribution is 7.92. The largest absolute Gasteiger partial charge is 0.390 e. The Labute approximate surface area is 265 Å². The maximum absolute atomic E-state index is 13.5. The molecule has 3 aromatic carbocycles. The number of aliphatic hydroxyl groups excluding tert-OH is 1. The molecule has 0 bridgehead atoms. The number of hydrogen-bond donors (Lipinski definition) is 4. The highest BCUT2D eigenvalue weighted by Crippen LogP contribution is 2.31. The van der Waals surface area contributed by atoms with E-state index in [0.29, 0.717) is 17.1 Å². The van der Waals surface area contributed by atoms with Gasteiger partial charge in [0.05, 0.1) is 35.8 Å². The Hall–Kier alpha value is -3.44. The first-order valence-electron chi connectivity index (χ1n) is 14.9. The predicted molar refractivity (Wildman–Crippen MR) is 175 cm³/mol. The van der Waals surface area contributed by atoms with Crippen molar-refractivity contribution < 1.29 is 23.1 Å². The van der Waals surface area contributed by atoms with Gasteiger partial charge in [-0.3, -0.25) is 9.59 Å². The molecule has 2 amide bonds. The first-order chi connectivity index (χ1) is 21.0. The van der Waals surface area contributed by atoms with E-state index in [4.69, 9.17) is 11.6 Å². The standard InChI is InChI=1S/C33H41ClN4O5S/c1-23(32(40)36-27-15-7-4-8-16-27)35-22-31(39)30(19-24-11-5-3-6-12-24)37-33(41)25-13-9-17-28(20-25)38(44(2,42)43)29-18-10-14-26(34)21-29/h3,5-6,9-14,17-18,20-21,23,27,30-31,35,39H,4,7-8,15-16,19,22H2,1-2H3,(H,36,40)(H,37,41)/t23-,30-,31+/m0/s1. The minimum atomic E-state index is -3.78. The van der Waals surface area contributed by atoms with Crippen LogP contribution in [-0.4, -0.2) is 62.4 Å². The van der Waals surface area contributed by atoms with Gasteiger partial charge in [-0.25, -0.2) is 12.7 Å². The Morgan fingerprint density at radius 1 is 0.955 bits per heavy atom. The summed E-state index contributed by atoms with van der Waals surface area (Å²) in [5, 5.41) is 20.8. The van der Waals surface area contributed by atoms with Crippen LogP contribution in [0.15, 0.2) is 78.9 Å². The second-order valence-electron chi connectivity index (χ2n) is 11.4. The van der Waals surface area contributed by atoms with Crippen molar-refractivity contribution in [3.05, 3.63) is 95.0 Å². The minimum Gasteiger partial charge on any atom is -0.390 e. The van der Waals surface area contributed by atoms with Crippen LogP contribution in [0.4, 0.5) is 11.4 Å². The Kier molecular flexibility index (Phi) is 11.8. The van der Waals surface area contributed by atoms with E-state index < -0.39 is 34.1 Å². The van der Waals surface area contributed by atoms with Gasteiger partial charge in [-0.2, -0.15) is 0 Å². The maximum atomic E-state index is 13.5. The fraction of sp³-hybridized carbons (Fsp3) is 0.394. The van der Waals surface area contributed by atoms with Gasteiger partial charge in [0.2, 0.25) is 15.9 Å². The van der Waals surface area contributed by atoms with E-state index in [2.05, 4.69) is 16.0 Å². The lowest BCUT2D eigenvalue weighted by Gasteiger charge is -2.28. The van der Waals surface area contributed by atoms with E-state index >= 15 is 0 Å². The van der Waals surface area contributed by atoms with Crippen molar-refractivity contribution in [3.8, 4) is 0 Å². The van der Waals surface area contributed by atoms with E-state index in [0.717, 1.165) is 41.8 Å². The molecule has 0 radical (unpaired) electrons. The van der Waals surface area contributed by atoms with Crippen molar-refractivity contribution in [2.24, 2.45) is 0 Å². The number of rotatable bonds is 13. The lowest BCUT2D eigenvalue weighted by Crippen LogP contribution is -2.53. The van der Waals surface area contributed by atoms with Crippen LogP contribution in [0.5, 0.6) is 0 Å². The Balaban J connectivity index is 1.49. The minimum absolute atomic E-state index is 0.0771. The summed E-state index contributed by atoms with van der Waals surface area (Å²) in [5.74, 6) is -0.589. The summed E-state index contributed by atoms with van der Waals surface area (Å²) in [7, 11) is -3.78. The molecule has 1 saturated carbocycles. The van der Waals surface area contributed by atoms with Crippen molar-refractivity contribution in [3.63, 3.8) is 0 Å². The number of nitrogens with zero attached hydrogens (tertiary/aromatic N) is 1. The van der Waals surface area contributed by atoms with Gasteiger partial charge in [0.1, 0.15) is 0 Å². The number of hydrogen-bond acceptors (Lipinski definition) is 6. The van der Waals surface area contributed by atoms with Crippen LogP contribution in [0.2, 0.25) is 5.02 Å². The molecule has 9 nitrogen and oxygen atoms in total. The second-order valence-corrected chi connectivity index (χ2v) is 13.6. The lowest BCUT2D eigenvalue weighted by molar-refractivity contribution is -0.123. The molecule has 236 valence electrons. The summed E-state index contributed by atoms with van der Waals surface area (Å²) >= 11 is 6.13. The first-order valence-corrected chi connectivity index (χ1v) is 17.2. The van der Waals surface area contributed by atoms with E-state index in [-0.39, 0.29) is 29.7 Å². The Bertz CT molecular complexity index is 1520. The lowest BCUT2D eigenvalue weighted by atomic mass is 9.95. The molecule has 0 heterocycles. The first kappa shape index (κ1) is 33.5. The topological polar surface area (TPSA) is 128 Å². The van der Waals surface area contributed by atoms with Gasteiger partial charge in [-0.1, -0.05) is 73.3 Å². The average molecular weight is 641 g/mol. The summed E-state index contributed by atoms with van der Waals surface area (Å²) in [4.78, 5) is 26.3. The van der Waals surface area contributed by atoms with E-state index in [9.17, 15) is 23.1 Å². The van der Waals surface area contributed by atoms with E-state index in [1.54, 1.807) is 43.3 Å². The summed E-state index contributed by atoms with van der Waals surface area (Å²) in [6, 6.07) is 21.2. The van der Waals surface area contributed by atoms with Crippen LogP contribution >= 0.6 is 11.6 Å². The molecule has 0 unspecified atom stereocenters. The maximum Gasteiger partial charge on any atom is 0.251 e. The van der Waals surface area contributed by atoms with E-state index in [1.807, 2.05) is 30.3 Å². The fourth-order valence-electron chi connectivity index (χ4n) is 5.42. The summed E-state index contributed by atoms with van der Waals surface area (Å²) in [5.41, 5.74) is 1.74. The van der Waals surface area contributed by atoms with Crippen LogP contribution in [0.25, 0.3) is 0 Å². The summed E-state index contributed by atoms with van der Waals surface area (Å²) in [6.07, 6.45) is 5.79. The average Bonchev–Trinajstić information content (AvgIpc) is 3.00. The third-order valence-electron chi connectivity index (χ3n) is 7.77. The number of amides is 2. The van der Waals surface area contributed by atoms with Crippen LogP contribution in [0.1, 0.15) is 54.9 Å². The smallest absolute Gasteiger partial charge is 0.251 e. The van der Waals surface area contributed by atoms with Gasteiger partial charge < -0.3 is 21.1 Å². The highest BCUT2D eigenvalue weighted by Gasteiger charge is 2.26. The zero-order chi connectivity index (χ0) is 31.7. The molecular weight excluding hydrogens is 600 g/mol. The molecule has 1 fully saturated rings. The quantitative estimate of drug-likeness (QED) is 0.217. The van der Waals surface area contributed by atoms with Crippen LogP contribution < -0.4 is 20.3 Å². The van der Waals surface area contributed by atoms with Crippen LogP contribution in [0, 0.1) is 0 Å². The third-order valence-corrected chi connectivity index (χ3v) is 9.09. The predicted octanol–water partition coefficient (Wildman–Crippen LogP) is 4.57. The second kappa shape index (κ2) is 15.5. The number of carbonyl (C=O) groups is 2. The number of halogens is 1. The van der Waals surface area contributed by atoms with Crippen molar-refractivity contribution >= 4 is 44.8 Å².